The quantitative estimate of drug-likeness (QED) is 0.278. The van der Waals surface area contributed by atoms with E-state index in [0.29, 0.717) is 13.2 Å². The number of halogens is 2. The van der Waals surface area contributed by atoms with E-state index in [-0.39, 0.29) is 0 Å². The number of benzene rings is 2. The third kappa shape index (κ3) is 8.92. The van der Waals surface area contributed by atoms with Gasteiger partial charge in [-0.1, -0.05) is 31.9 Å². The molecule has 0 aliphatic rings. The van der Waals surface area contributed by atoms with Gasteiger partial charge in [-0.3, -0.25) is 0 Å². The lowest BCUT2D eigenvalue weighted by Gasteiger charge is -2.06. The Morgan fingerprint density at radius 1 is 0.583 bits per heavy atom. The zero-order valence-electron chi connectivity index (χ0n) is 13.3. The Balaban J connectivity index is 1.40. The molecule has 0 unspecified atom stereocenters. The molecule has 0 aliphatic heterocycles. The van der Waals surface area contributed by atoms with Crippen molar-refractivity contribution in [3.8, 4) is 0 Å². The molecule has 0 atom stereocenters. The molecule has 6 heteroatoms. The van der Waals surface area contributed by atoms with Gasteiger partial charge in [-0.15, -0.1) is 23.5 Å². The minimum Gasteiger partial charge on any atom is -0.378 e. The minimum absolute atomic E-state index is 0.657. The van der Waals surface area contributed by atoms with Crippen LogP contribution in [0, 0.1) is 0 Å². The van der Waals surface area contributed by atoms with E-state index in [1.807, 2.05) is 0 Å². The van der Waals surface area contributed by atoms with E-state index in [4.69, 9.17) is 9.47 Å². The molecule has 24 heavy (non-hydrogen) atoms. The Bertz CT molecular complexity index is 523. The summed E-state index contributed by atoms with van der Waals surface area (Å²) in [5.74, 6) is 1.92. The van der Waals surface area contributed by atoms with Gasteiger partial charge in [0.05, 0.1) is 26.4 Å². The van der Waals surface area contributed by atoms with Crippen molar-refractivity contribution in [2.45, 2.75) is 9.79 Å². The van der Waals surface area contributed by atoms with Crippen molar-refractivity contribution in [3.63, 3.8) is 0 Å². The number of hydrogen-bond acceptors (Lipinski definition) is 4. The fourth-order valence-electron chi connectivity index (χ4n) is 1.82. The monoisotopic (exact) mass is 490 g/mol. The van der Waals surface area contributed by atoms with Crippen LogP contribution in [-0.4, -0.2) is 37.9 Å². The summed E-state index contributed by atoms with van der Waals surface area (Å²) in [6, 6.07) is 16.7. The molecular weight excluding hydrogens is 472 g/mol. The molecule has 0 bridgehead atoms. The van der Waals surface area contributed by atoms with Crippen molar-refractivity contribution in [2.75, 3.05) is 37.9 Å². The van der Waals surface area contributed by atoms with Gasteiger partial charge in [0.25, 0.3) is 0 Å². The van der Waals surface area contributed by atoms with Crippen molar-refractivity contribution >= 4 is 55.4 Å². The predicted octanol–water partition coefficient (Wildman–Crippen LogP) is 6.13. The van der Waals surface area contributed by atoms with Crippen LogP contribution < -0.4 is 0 Å². The first-order valence-electron chi connectivity index (χ1n) is 7.66. The summed E-state index contributed by atoms with van der Waals surface area (Å²) in [4.78, 5) is 2.53. The van der Waals surface area contributed by atoms with Gasteiger partial charge in [0, 0.05) is 30.2 Å². The number of rotatable bonds is 11. The van der Waals surface area contributed by atoms with Gasteiger partial charge >= 0.3 is 0 Å². The summed E-state index contributed by atoms with van der Waals surface area (Å²) < 4.78 is 13.4. The maximum Gasteiger partial charge on any atom is 0.0700 e. The molecule has 2 aromatic carbocycles. The third-order valence-corrected chi connectivity index (χ3v) is 6.00. The van der Waals surface area contributed by atoms with Crippen LogP contribution in [-0.2, 0) is 9.47 Å². The molecule has 0 radical (unpaired) electrons. The SMILES string of the molecule is Brc1ccc(SCCOCCOCCSc2ccc(Br)cc2)cc1. The fourth-order valence-corrected chi connectivity index (χ4v) is 3.88. The van der Waals surface area contributed by atoms with Gasteiger partial charge in [-0.2, -0.15) is 0 Å². The zero-order chi connectivity index (χ0) is 17.0. The molecule has 2 rings (SSSR count). The van der Waals surface area contributed by atoms with E-state index in [9.17, 15) is 0 Å². The van der Waals surface area contributed by atoms with E-state index in [1.54, 1.807) is 23.5 Å². The van der Waals surface area contributed by atoms with Gasteiger partial charge in [0.15, 0.2) is 0 Å². The van der Waals surface area contributed by atoms with Crippen LogP contribution in [0.5, 0.6) is 0 Å². The molecule has 2 aromatic rings. The summed E-state index contributed by atoms with van der Waals surface area (Å²) in [6.45, 7) is 2.81. The maximum atomic E-state index is 5.59. The topological polar surface area (TPSA) is 18.5 Å². The van der Waals surface area contributed by atoms with Crippen molar-refractivity contribution in [3.05, 3.63) is 57.5 Å². The molecule has 0 spiro atoms. The fraction of sp³-hybridized carbons (Fsp3) is 0.333. The molecule has 0 amide bonds. The van der Waals surface area contributed by atoms with Gasteiger partial charge in [-0.25, -0.2) is 0 Å². The lowest BCUT2D eigenvalue weighted by molar-refractivity contribution is 0.0605. The summed E-state index contributed by atoms with van der Waals surface area (Å²) in [6.07, 6.45) is 0. The maximum absolute atomic E-state index is 5.59. The van der Waals surface area contributed by atoms with Gasteiger partial charge < -0.3 is 9.47 Å². The first kappa shape index (κ1) is 20.3. The summed E-state index contributed by atoms with van der Waals surface area (Å²) in [5.41, 5.74) is 0. The molecule has 0 N–H and O–H groups in total. The molecular formula is C18H20Br2O2S2. The summed E-state index contributed by atoms with van der Waals surface area (Å²) >= 11 is 10.5. The highest BCUT2D eigenvalue weighted by molar-refractivity contribution is 9.10. The number of thioether (sulfide) groups is 2. The molecule has 0 heterocycles. The minimum atomic E-state index is 0.657. The van der Waals surface area contributed by atoms with Crippen LogP contribution >= 0.6 is 55.4 Å². The van der Waals surface area contributed by atoms with E-state index < -0.39 is 0 Å². The van der Waals surface area contributed by atoms with E-state index in [2.05, 4.69) is 80.4 Å². The Morgan fingerprint density at radius 3 is 1.33 bits per heavy atom. The standard InChI is InChI=1S/C18H20Br2O2S2/c19-15-1-5-17(6-2-15)23-13-11-21-9-10-22-12-14-24-18-7-3-16(20)4-8-18/h1-8H,9-14H2. The summed E-state index contributed by atoms with van der Waals surface area (Å²) in [5, 5.41) is 0. The molecule has 0 fully saturated rings. The first-order chi connectivity index (χ1) is 11.7. The number of hydrogen-bond donors (Lipinski definition) is 0. The van der Waals surface area contributed by atoms with Gasteiger partial charge in [-0.05, 0) is 48.5 Å². The lowest BCUT2D eigenvalue weighted by atomic mass is 10.4. The van der Waals surface area contributed by atoms with Crippen LogP contribution in [0.15, 0.2) is 67.3 Å². The largest absolute Gasteiger partial charge is 0.378 e. The van der Waals surface area contributed by atoms with E-state index in [0.717, 1.165) is 33.7 Å². The van der Waals surface area contributed by atoms with Crippen molar-refractivity contribution < 1.29 is 9.47 Å². The number of ether oxygens (including phenoxy) is 2. The molecule has 0 aromatic heterocycles. The second-order valence-electron chi connectivity index (χ2n) is 4.83. The van der Waals surface area contributed by atoms with Crippen molar-refractivity contribution in [1.82, 2.24) is 0 Å². The highest BCUT2D eigenvalue weighted by atomic mass is 79.9. The van der Waals surface area contributed by atoms with Crippen LogP contribution in [0.1, 0.15) is 0 Å². The Hall–Kier alpha value is 0.0200. The zero-order valence-corrected chi connectivity index (χ0v) is 18.1. The normalized spacial score (nSPS) is 10.9. The average Bonchev–Trinajstić information content (AvgIpc) is 2.60. The van der Waals surface area contributed by atoms with Crippen LogP contribution in [0.25, 0.3) is 0 Å². The first-order valence-corrected chi connectivity index (χ1v) is 11.2. The summed E-state index contributed by atoms with van der Waals surface area (Å²) in [7, 11) is 0. The van der Waals surface area contributed by atoms with Crippen molar-refractivity contribution in [1.29, 1.82) is 0 Å². The molecule has 0 saturated carbocycles. The predicted molar refractivity (Wildman–Crippen MR) is 111 cm³/mol. The molecule has 130 valence electrons. The molecule has 0 saturated heterocycles. The van der Waals surface area contributed by atoms with Crippen LogP contribution in [0.3, 0.4) is 0 Å². The molecule has 2 nitrogen and oxygen atoms in total. The highest BCUT2D eigenvalue weighted by Crippen LogP contribution is 2.21. The average molecular weight is 492 g/mol. The van der Waals surface area contributed by atoms with Crippen LogP contribution in [0.2, 0.25) is 0 Å². The Morgan fingerprint density at radius 2 is 0.958 bits per heavy atom. The highest BCUT2D eigenvalue weighted by Gasteiger charge is 1.97. The van der Waals surface area contributed by atoms with Crippen LogP contribution in [0.4, 0.5) is 0 Å². The smallest absolute Gasteiger partial charge is 0.0700 e. The Labute approximate surface area is 169 Å². The molecule has 0 aliphatic carbocycles. The van der Waals surface area contributed by atoms with Crippen molar-refractivity contribution in [2.24, 2.45) is 0 Å². The lowest BCUT2D eigenvalue weighted by Crippen LogP contribution is -2.08. The second kappa shape index (κ2) is 12.4. The van der Waals surface area contributed by atoms with E-state index in [1.165, 1.54) is 9.79 Å². The second-order valence-corrected chi connectivity index (χ2v) is 9.00. The van der Waals surface area contributed by atoms with Gasteiger partial charge in [0.2, 0.25) is 0 Å². The Kier molecular flexibility index (Phi) is 10.5. The van der Waals surface area contributed by atoms with Gasteiger partial charge in [0.1, 0.15) is 0 Å². The third-order valence-electron chi connectivity index (χ3n) is 2.99. The van der Waals surface area contributed by atoms with E-state index >= 15 is 0 Å².